The van der Waals surface area contributed by atoms with E-state index in [2.05, 4.69) is 32.4 Å². The van der Waals surface area contributed by atoms with E-state index in [1.165, 1.54) is 31.2 Å². The van der Waals surface area contributed by atoms with Crippen molar-refractivity contribution < 1.29 is 4.79 Å². The van der Waals surface area contributed by atoms with Gasteiger partial charge in [0, 0.05) is 19.0 Å². The monoisotopic (exact) mass is 347 g/mol. The van der Waals surface area contributed by atoms with Gasteiger partial charge in [-0.05, 0) is 92.0 Å². The minimum Gasteiger partial charge on any atom is -0.335 e. The second-order valence-electron chi connectivity index (χ2n) is 7.88. The SMILES string of the molecule is O=C(CCC1CCNC1)N(Cc1ccsc1)C1CC12CCNCC2. The van der Waals surface area contributed by atoms with Crippen molar-refractivity contribution in [2.75, 3.05) is 26.2 Å². The topological polar surface area (TPSA) is 44.4 Å². The van der Waals surface area contributed by atoms with Crippen molar-refractivity contribution in [1.82, 2.24) is 15.5 Å². The molecule has 1 aromatic heterocycles. The smallest absolute Gasteiger partial charge is 0.223 e. The van der Waals surface area contributed by atoms with Gasteiger partial charge in [-0.3, -0.25) is 4.79 Å². The van der Waals surface area contributed by atoms with Crippen LogP contribution >= 0.6 is 11.3 Å². The number of thiophene rings is 1. The molecule has 3 heterocycles. The molecule has 1 amide bonds. The fourth-order valence-corrected chi connectivity index (χ4v) is 5.27. The molecule has 0 aromatic carbocycles. The second kappa shape index (κ2) is 7.14. The number of hydrogen-bond acceptors (Lipinski definition) is 4. The molecule has 4 nitrogen and oxygen atoms in total. The average Bonchev–Trinajstić information content (AvgIpc) is 3.06. The van der Waals surface area contributed by atoms with Crippen LogP contribution in [0.1, 0.15) is 44.1 Å². The van der Waals surface area contributed by atoms with Gasteiger partial charge in [0.15, 0.2) is 0 Å². The maximum absolute atomic E-state index is 13.0. The third-order valence-corrected chi connectivity index (χ3v) is 7.04. The molecule has 3 aliphatic rings. The number of hydrogen-bond donors (Lipinski definition) is 2. The fourth-order valence-electron chi connectivity index (χ4n) is 4.61. The number of carbonyl (C=O) groups excluding carboxylic acids is 1. The Hall–Kier alpha value is -0.910. The molecule has 1 aromatic rings. The van der Waals surface area contributed by atoms with Crippen LogP contribution in [-0.4, -0.2) is 43.0 Å². The molecule has 2 aliphatic heterocycles. The van der Waals surface area contributed by atoms with Crippen LogP contribution in [0.5, 0.6) is 0 Å². The Kier molecular flexibility index (Phi) is 4.93. The summed E-state index contributed by atoms with van der Waals surface area (Å²) in [5, 5.41) is 11.2. The van der Waals surface area contributed by atoms with Gasteiger partial charge < -0.3 is 15.5 Å². The van der Waals surface area contributed by atoms with Crippen LogP contribution in [0.15, 0.2) is 16.8 Å². The van der Waals surface area contributed by atoms with Crippen molar-refractivity contribution in [2.45, 2.75) is 51.1 Å². The first-order chi connectivity index (χ1) is 11.8. The van der Waals surface area contributed by atoms with Crippen LogP contribution in [0.4, 0.5) is 0 Å². The number of rotatable bonds is 6. The predicted molar refractivity (Wildman–Crippen MR) is 98.0 cm³/mol. The standard InChI is InChI=1S/C19H29N3OS/c23-18(2-1-15-3-7-21-12-15)22(13-16-4-10-24-14-16)17-11-19(17)5-8-20-9-6-19/h4,10,14-15,17,20-21H,1-3,5-9,11-13H2. The third-order valence-electron chi connectivity index (χ3n) is 6.30. The number of amides is 1. The van der Waals surface area contributed by atoms with E-state index < -0.39 is 0 Å². The first-order valence-electron chi connectivity index (χ1n) is 9.49. The average molecular weight is 348 g/mol. The summed E-state index contributed by atoms with van der Waals surface area (Å²) in [7, 11) is 0. The molecule has 4 rings (SSSR count). The number of nitrogens with one attached hydrogen (secondary N) is 2. The summed E-state index contributed by atoms with van der Waals surface area (Å²) >= 11 is 1.73. The van der Waals surface area contributed by atoms with Crippen molar-refractivity contribution in [3.63, 3.8) is 0 Å². The Morgan fingerprint density at radius 3 is 2.88 bits per heavy atom. The highest BCUT2D eigenvalue weighted by atomic mass is 32.1. The Morgan fingerprint density at radius 2 is 2.17 bits per heavy atom. The van der Waals surface area contributed by atoms with Crippen LogP contribution in [0.3, 0.4) is 0 Å². The Balaban J connectivity index is 1.40. The van der Waals surface area contributed by atoms with Gasteiger partial charge in [-0.1, -0.05) is 0 Å². The molecular weight excluding hydrogens is 318 g/mol. The minimum absolute atomic E-state index is 0.383. The molecule has 2 unspecified atom stereocenters. The van der Waals surface area contributed by atoms with Crippen molar-refractivity contribution >= 4 is 17.2 Å². The van der Waals surface area contributed by atoms with E-state index in [0.717, 1.165) is 45.6 Å². The first-order valence-corrected chi connectivity index (χ1v) is 10.4. The summed E-state index contributed by atoms with van der Waals surface area (Å²) in [6.07, 6.45) is 6.69. The summed E-state index contributed by atoms with van der Waals surface area (Å²) in [6.45, 7) is 5.26. The highest BCUT2D eigenvalue weighted by Gasteiger charge is 2.57. The molecule has 2 N–H and O–H groups in total. The summed E-state index contributed by atoms with van der Waals surface area (Å²) in [5.41, 5.74) is 1.72. The zero-order valence-electron chi connectivity index (χ0n) is 14.4. The molecule has 132 valence electrons. The van der Waals surface area contributed by atoms with Gasteiger partial charge >= 0.3 is 0 Å². The van der Waals surface area contributed by atoms with Gasteiger partial charge in [0.2, 0.25) is 5.91 Å². The lowest BCUT2D eigenvalue weighted by atomic mass is 9.93. The van der Waals surface area contributed by atoms with Crippen LogP contribution in [-0.2, 0) is 11.3 Å². The van der Waals surface area contributed by atoms with Gasteiger partial charge in [0.25, 0.3) is 0 Å². The van der Waals surface area contributed by atoms with Crippen LogP contribution in [0, 0.1) is 11.3 Å². The van der Waals surface area contributed by atoms with Crippen LogP contribution in [0.2, 0.25) is 0 Å². The molecule has 1 saturated carbocycles. The van der Waals surface area contributed by atoms with E-state index in [1.54, 1.807) is 11.3 Å². The lowest BCUT2D eigenvalue weighted by Crippen LogP contribution is -2.39. The van der Waals surface area contributed by atoms with E-state index in [4.69, 9.17) is 0 Å². The Labute approximate surface area is 149 Å². The molecule has 1 aliphatic carbocycles. The maximum atomic E-state index is 13.0. The van der Waals surface area contributed by atoms with Crippen molar-refractivity contribution in [3.8, 4) is 0 Å². The lowest BCUT2D eigenvalue weighted by molar-refractivity contribution is -0.133. The Bertz CT molecular complexity index is 547. The minimum atomic E-state index is 0.383. The normalized spacial score (nSPS) is 28.2. The van der Waals surface area contributed by atoms with E-state index in [9.17, 15) is 4.79 Å². The molecule has 0 bridgehead atoms. The number of nitrogens with zero attached hydrogens (tertiary/aromatic N) is 1. The molecular formula is C19H29N3OS. The predicted octanol–water partition coefficient (Wildman–Crippen LogP) is 2.61. The third kappa shape index (κ3) is 3.53. The van der Waals surface area contributed by atoms with Crippen LogP contribution < -0.4 is 10.6 Å². The van der Waals surface area contributed by atoms with Gasteiger partial charge in [0.1, 0.15) is 0 Å². The van der Waals surface area contributed by atoms with Gasteiger partial charge in [-0.2, -0.15) is 11.3 Å². The van der Waals surface area contributed by atoms with Gasteiger partial charge in [-0.25, -0.2) is 0 Å². The first kappa shape index (κ1) is 16.6. The summed E-state index contributed by atoms with van der Waals surface area (Å²) in [5.74, 6) is 1.08. The van der Waals surface area contributed by atoms with E-state index in [1.807, 2.05) is 0 Å². The summed E-state index contributed by atoms with van der Waals surface area (Å²) in [4.78, 5) is 15.3. The molecule has 24 heavy (non-hydrogen) atoms. The quantitative estimate of drug-likeness (QED) is 0.831. The lowest BCUT2D eigenvalue weighted by Gasteiger charge is -2.30. The molecule has 3 fully saturated rings. The van der Waals surface area contributed by atoms with E-state index in [0.29, 0.717) is 23.3 Å². The highest BCUT2D eigenvalue weighted by Crippen LogP contribution is 2.56. The van der Waals surface area contributed by atoms with Crippen molar-refractivity contribution in [1.29, 1.82) is 0 Å². The maximum Gasteiger partial charge on any atom is 0.223 e. The zero-order chi connectivity index (χ0) is 16.4. The largest absolute Gasteiger partial charge is 0.335 e. The second-order valence-corrected chi connectivity index (χ2v) is 8.66. The fraction of sp³-hybridized carbons (Fsp3) is 0.737. The molecule has 1 spiro atoms. The van der Waals surface area contributed by atoms with Crippen molar-refractivity contribution in [3.05, 3.63) is 22.4 Å². The number of piperidine rings is 1. The van der Waals surface area contributed by atoms with Crippen LogP contribution in [0.25, 0.3) is 0 Å². The number of carbonyl (C=O) groups is 1. The van der Waals surface area contributed by atoms with Gasteiger partial charge in [0.05, 0.1) is 0 Å². The summed E-state index contributed by atoms with van der Waals surface area (Å²) < 4.78 is 0. The van der Waals surface area contributed by atoms with E-state index >= 15 is 0 Å². The van der Waals surface area contributed by atoms with Gasteiger partial charge in [-0.15, -0.1) is 0 Å². The molecule has 5 heteroatoms. The summed E-state index contributed by atoms with van der Waals surface area (Å²) in [6, 6.07) is 2.65. The molecule has 2 atom stereocenters. The molecule has 0 radical (unpaired) electrons. The zero-order valence-corrected chi connectivity index (χ0v) is 15.2. The molecule has 2 saturated heterocycles. The highest BCUT2D eigenvalue weighted by molar-refractivity contribution is 7.07. The van der Waals surface area contributed by atoms with Crippen molar-refractivity contribution in [2.24, 2.45) is 11.3 Å². The van der Waals surface area contributed by atoms with E-state index in [-0.39, 0.29) is 0 Å². The Morgan fingerprint density at radius 1 is 1.29 bits per heavy atom.